The largest absolute Gasteiger partial charge is 0.486 e. The van der Waals surface area contributed by atoms with E-state index < -0.39 is 15.8 Å². The standard InChI is InChI=1S/C12H10ClFN2O3S/c13-10-6-16-4-3-8(10)7-19-12-2-1-9(5-11(12)14)20(15,17)18/h1-6H,7H2,(H2,15,17,18). The molecule has 1 heterocycles. The van der Waals surface area contributed by atoms with Crippen molar-refractivity contribution in [3.8, 4) is 5.75 Å². The third-order valence-electron chi connectivity index (χ3n) is 2.47. The van der Waals surface area contributed by atoms with Crippen molar-refractivity contribution in [2.24, 2.45) is 5.14 Å². The summed E-state index contributed by atoms with van der Waals surface area (Å²) >= 11 is 5.88. The third kappa shape index (κ3) is 3.44. The van der Waals surface area contributed by atoms with Gasteiger partial charge in [0, 0.05) is 18.0 Å². The van der Waals surface area contributed by atoms with Gasteiger partial charge in [0.05, 0.1) is 9.92 Å². The van der Waals surface area contributed by atoms with Gasteiger partial charge in [0.2, 0.25) is 10.0 Å². The number of primary sulfonamides is 1. The molecule has 0 amide bonds. The smallest absolute Gasteiger partial charge is 0.238 e. The van der Waals surface area contributed by atoms with Crippen molar-refractivity contribution < 1.29 is 17.5 Å². The van der Waals surface area contributed by atoms with Crippen LogP contribution in [-0.2, 0) is 16.6 Å². The van der Waals surface area contributed by atoms with Crippen molar-refractivity contribution in [1.29, 1.82) is 0 Å². The van der Waals surface area contributed by atoms with E-state index in [-0.39, 0.29) is 17.3 Å². The Hall–Kier alpha value is -1.70. The number of sulfonamides is 1. The SMILES string of the molecule is NS(=O)(=O)c1ccc(OCc2ccncc2Cl)c(F)c1. The van der Waals surface area contributed by atoms with Crippen molar-refractivity contribution in [3.63, 3.8) is 0 Å². The molecular formula is C12H10ClFN2O3S. The predicted octanol–water partition coefficient (Wildman–Crippen LogP) is 2.10. The Morgan fingerprint density at radius 1 is 1.35 bits per heavy atom. The van der Waals surface area contributed by atoms with Crippen LogP contribution in [0.15, 0.2) is 41.6 Å². The van der Waals surface area contributed by atoms with Crippen LogP contribution in [0.4, 0.5) is 4.39 Å². The quantitative estimate of drug-likeness (QED) is 0.936. The highest BCUT2D eigenvalue weighted by Crippen LogP contribution is 2.22. The van der Waals surface area contributed by atoms with Crippen LogP contribution in [0, 0.1) is 5.82 Å². The van der Waals surface area contributed by atoms with Gasteiger partial charge in [0.1, 0.15) is 6.61 Å². The zero-order valence-electron chi connectivity index (χ0n) is 10.1. The molecular weight excluding hydrogens is 307 g/mol. The molecule has 0 atom stereocenters. The van der Waals surface area contributed by atoms with Crippen LogP contribution in [0.3, 0.4) is 0 Å². The van der Waals surface area contributed by atoms with Gasteiger partial charge < -0.3 is 4.74 Å². The van der Waals surface area contributed by atoms with Gasteiger partial charge in [-0.15, -0.1) is 0 Å². The van der Waals surface area contributed by atoms with Crippen LogP contribution >= 0.6 is 11.6 Å². The fourth-order valence-electron chi connectivity index (χ4n) is 1.45. The molecule has 0 aliphatic rings. The van der Waals surface area contributed by atoms with E-state index in [0.29, 0.717) is 10.6 Å². The molecule has 5 nitrogen and oxygen atoms in total. The second kappa shape index (κ2) is 5.74. The highest BCUT2D eigenvalue weighted by atomic mass is 35.5. The summed E-state index contributed by atoms with van der Waals surface area (Å²) in [6.45, 7) is 0.0347. The van der Waals surface area contributed by atoms with Gasteiger partial charge in [-0.25, -0.2) is 17.9 Å². The molecule has 0 radical (unpaired) electrons. The maximum Gasteiger partial charge on any atom is 0.238 e. The second-order valence-electron chi connectivity index (χ2n) is 3.89. The summed E-state index contributed by atoms with van der Waals surface area (Å²) in [6.07, 6.45) is 2.98. The first kappa shape index (κ1) is 14.7. The molecule has 0 saturated carbocycles. The summed E-state index contributed by atoms with van der Waals surface area (Å²) in [7, 11) is -3.94. The van der Waals surface area contributed by atoms with E-state index in [1.165, 1.54) is 24.5 Å². The van der Waals surface area contributed by atoms with E-state index in [1.54, 1.807) is 6.07 Å². The number of rotatable bonds is 4. The number of hydrogen-bond donors (Lipinski definition) is 1. The van der Waals surface area contributed by atoms with E-state index >= 15 is 0 Å². The van der Waals surface area contributed by atoms with Crippen LogP contribution in [0.1, 0.15) is 5.56 Å². The monoisotopic (exact) mass is 316 g/mol. The molecule has 2 rings (SSSR count). The first-order valence-corrected chi connectivity index (χ1v) is 7.34. The van der Waals surface area contributed by atoms with Gasteiger partial charge >= 0.3 is 0 Å². The lowest BCUT2D eigenvalue weighted by atomic mass is 10.3. The molecule has 0 aliphatic heterocycles. The molecule has 2 N–H and O–H groups in total. The number of aromatic nitrogens is 1. The Labute approximate surface area is 120 Å². The summed E-state index contributed by atoms with van der Waals surface area (Å²) in [5.41, 5.74) is 0.636. The lowest BCUT2D eigenvalue weighted by Gasteiger charge is -2.09. The van der Waals surface area contributed by atoms with Crippen LogP contribution in [-0.4, -0.2) is 13.4 Å². The van der Waals surface area contributed by atoms with Gasteiger partial charge in [0.25, 0.3) is 0 Å². The molecule has 1 aromatic heterocycles. The lowest BCUT2D eigenvalue weighted by Crippen LogP contribution is -2.12. The minimum absolute atomic E-state index is 0.0347. The van der Waals surface area contributed by atoms with E-state index in [0.717, 1.165) is 6.07 Å². The Morgan fingerprint density at radius 2 is 2.10 bits per heavy atom. The molecule has 2 aromatic rings. The summed E-state index contributed by atoms with van der Waals surface area (Å²) in [6, 6.07) is 4.81. The Kier molecular flexibility index (Phi) is 4.22. The fourth-order valence-corrected chi connectivity index (χ4v) is 2.15. The predicted molar refractivity (Wildman–Crippen MR) is 71.4 cm³/mol. The molecule has 0 spiro atoms. The number of nitrogens with two attached hydrogens (primary N) is 1. The fraction of sp³-hybridized carbons (Fsp3) is 0.0833. The van der Waals surface area contributed by atoms with Gasteiger partial charge in [-0.3, -0.25) is 4.98 Å². The highest BCUT2D eigenvalue weighted by Gasteiger charge is 2.12. The zero-order valence-corrected chi connectivity index (χ0v) is 11.7. The number of hydrogen-bond acceptors (Lipinski definition) is 4. The zero-order chi connectivity index (χ0) is 14.8. The molecule has 20 heavy (non-hydrogen) atoms. The lowest BCUT2D eigenvalue weighted by molar-refractivity contribution is 0.290. The van der Waals surface area contributed by atoms with Gasteiger partial charge in [-0.2, -0.15) is 0 Å². The van der Waals surface area contributed by atoms with Crippen LogP contribution in [0.25, 0.3) is 0 Å². The second-order valence-corrected chi connectivity index (χ2v) is 5.86. The molecule has 0 bridgehead atoms. The first-order chi connectivity index (χ1) is 9.38. The van der Waals surface area contributed by atoms with Gasteiger partial charge in [-0.1, -0.05) is 11.6 Å². The average molecular weight is 317 g/mol. The maximum absolute atomic E-state index is 13.7. The highest BCUT2D eigenvalue weighted by molar-refractivity contribution is 7.89. The Morgan fingerprint density at radius 3 is 2.70 bits per heavy atom. The van der Waals surface area contributed by atoms with Crippen molar-refractivity contribution >= 4 is 21.6 Å². The summed E-state index contributed by atoms with van der Waals surface area (Å²) in [4.78, 5) is 3.50. The Bertz CT molecular complexity index is 737. The van der Waals surface area contributed by atoms with Gasteiger partial charge in [-0.05, 0) is 24.3 Å². The van der Waals surface area contributed by atoms with Gasteiger partial charge in [0.15, 0.2) is 11.6 Å². The molecule has 1 aromatic carbocycles. The maximum atomic E-state index is 13.7. The van der Waals surface area contributed by atoms with E-state index in [2.05, 4.69) is 4.98 Å². The molecule has 0 aliphatic carbocycles. The van der Waals surface area contributed by atoms with E-state index in [9.17, 15) is 12.8 Å². The summed E-state index contributed by atoms with van der Waals surface area (Å²) in [5, 5.41) is 5.30. The minimum Gasteiger partial charge on any atom is -0.486 e. The van der Waals surface area contributed by atoms with Crippen molar-refractivity contribution in [2.75, 3.05) is 0 Å². The van der Waals surface area contributed by atoms with Crippen molar-refractivity contribution in [2.45, 2.75) is 11.5 Å². The Balaban J connectivity index is 2.17. The van der Waals surface area contributed by atoms with Crippen LogP contribution < -0.4 is 9.88 Å². The van der Waals surface area contributed by atoms with Crippen molar-refractivity contribution in [3.05, 3.63) is 53.1 Å². The van der Waals surface area contributed by atoms with Crippen molar-refractivity contribution in [1.82, 2.24) is 4.98 Å². The van der Waals surface area contributed by atoms with E-state index in [4.69, 9.17) is 21.5 Å². The van der Waals surface area contributed by atoms with Crippen LogP contribution in [0.5, 0.6) is 5.75 Å². The molecule has 0 fully saturated rings. The minimum atomic E-state index is -3.94. The summed E-state index contributed by atoms with van der Waals surface area (Å²) in [5.74, 6) is -0.910. The number of halogens is 2. The van der Waals surface area contributed by atoms with Crippen LogP contribution in [0.2, 0.25) is 5.02 Å². The molecule has 0 unspecified atom stereocenters. The van der Waals surface area contributed by atoms with E-state index in [1.807, 2.05) is 0 Å². The molecule has 106 valence electrons. The topological polar surface area (TPSA) is 82.3 Å². The molecule has 8 heteroatoms. The first-order valence-electron chi connectivity index (χ1n) is 5.41. The molecule has 0 saturated heterocycles. The number of benzene rings is 1. The average Bonchev–Trinajstić information content (AvgIpc) is 2.38. The summed E-state index contributed by atoms with van der Waals surface area (Å²) < 4.78 is 41.1. The third-order valence-corrected chi connectivity index (χ3v) is 3.72. The number of ether oxygens (including phenoxy) is 1. The number of pyridine rings is 1. The normalized spacial score (nSPS) is 11.3. The number of nitrogens with zero attached hydrogens (tertiary/aromatic N) is 1.